The molecule has 0 aromatic carbocycles. The van der Waals surface area contributed by atoms with Crippen molar-refractivity contribution in [1.29, 1.82) is 0 Å². The van der Waals surface area contributed by atoms with Crippen LogP contribution in [0.4, 0.5) is 0 Å². The molecule has 0 N–H and O–H groups in total. The van der Waals surface area contributed by atoms with Gasteiger partial charge in [0.15, 0.2) is 5.78 Å². The Bertz CT molecular complexity index is 268. The summed E-state index contributed by atoms with van der Waals surface area (Å²) < 4.78 is 0. The van der Waals surface area contributed by atoms with Gasteiger partial charge in [-0.05, 0) is 37.3 Å². The molecule has 0 heterocycles. The second kappa shape index (κ2) is 8.05. The lowest BCUT2D eigenvalue weighted by molar-refractivity contribution is -0.111. The van der Waals surface area contributed by atoms with Crippen LogP contribution in [0, 0.1) is 18.3 Å². The predicted octanol–water partition coefficient (Wildman–Crippen LogP) is 3.52. The van der Waals surface area contributed by atoms with Gasteiger partial charge in [0.2, 0.25) is 0 Å². The van der Waals surface area contributed by atoms with Crippen LogP contribution in [0.25, 0.3) is 0 Å². The number of hydrogen-bond acceptors (Lipinski definition) is 1. The number of carbonyl (C=O) groups is 1. The normalized spacial score (nSPS) is 11.5. The van der Waals surface area contributed by atoms with Crippen LogP contribution in [-0.4, -0.2) is 5.78 Å². The number of ketones is 1. The van der Waals surface area contributed by atoms with Gasteiger partial charge in [0.05, 0.1) is 0 Å². The largest absolute Gasteiger partial charge is 0.290 e. The Labute approximate surface area is 93.3 Å². The van der Waals surface area contributed by atoms with E-state index < -0.39 is 0 Å². The lowest BCUT2D eigenvalue weighted by Gasteiger charge is -2.08. The monoisotopic (exact) mass is 204 g/mol. The summed E-state index contributed by atoms with van der Waals surface area (Å²) >= 11 is 0. The molecule has 0 saturated carbocycles. The fourth-order valence-electron chi connectivity index (χ4n) is 1.49. The molecule has 0 fully saturated rings. The lowest BCUT2D eigenvalue weighted by atomic mass is 9.96. The molecule has 15 heavy (non-hydrogen) atoms. The van der Waals surface area contributed by atoms with Crippen LogP contribution in [-0.2, 0) is 4.79 Å². The van der Waals surface area contributed by atoms with Crippen molar-refractivity contribution < 1.29 is 4.79 Å². The van der Waals surface area contributed by atoms with Gasteiger partial charge in [-0.2, -0.15) is 0 Å². The zero-order chi connectivity index (χ0) is 11.7. The van der Waals surface area contributed by atoms with Crippen molar-refractivity contribution in [2.45, 2.75) is 39.0 Å². The van der Waals surface area contributed by atoms with Crippen LogP contribution in [0.15, 0.2) is 24.8 Å². The van der Waals surface area contributed by atoms with E-state index >= 15 is 0 Å². The molecular weight excluding hydrogens is 184 g/mol. The topological polar surface area (TPSA) is 17.1 Å². The maximum absolute atomic E-state index is 11.1. The molecule has 0 radical (unpaired) electrons. The summed E-state index contributed by atoms with van der Waals surface area (Å²) in [5, 5.41) is 0. The molecule has 0 spiro atoms. The SMILES string of the molecule is C#CC(CCC)CCCC(=C)C(=O)C=C. The summed E-state index contributed by atoms with van der Waals surface area (Å²) in [6.45, 7) is 9.28. The molecule has 0 saturated heterocycles. The number of hydrogen-bond donors (Lipinski definition) is 0. The van der Waals surface area contributed by atoms with Crippen molar-refractivity contribution in [2.75, 3.05) is 0 Å². The van der Waals surface area contributed by atoms with Crippen molar-refractivity contribution in [3.63, 3.8) is 0 Å². The number of rotatable bonds is 8. The molecular formula is C14H20O. The average Bonchev–Trinajstić information content (AvgIpc) is 2.26. The third-order valence-electron chi connectivity index (χ3n) is 2.44. The molecule has 0 aliphatic rings. The van der Waals surface area contributed by atoms with Gasteiger partial charge in [-0.1, -0.05) is 26.5 Å². The zero-order valence-electron chi connectivity index (χ0n) is 9.59. The van der Waals surface area contributed by atoms with E-state index in [9.17, 15) is 4.79 Å². The third-order valence-corrected chi connectivity index (χ3v) is 2.44. The van der Waals surface area contributed by atoms with Crippen molar-refractivity contribution in [3.8, 4) is 12.3 Å². The highest BCUT2D eigenvalue weighted by Gasteiger charge is 2.06. The van der Waals surface area contributed by atoms with Gasteiger partial charge >= 0.3 is 0 Å². The fourth-order valence-corrected chi connectivity index (χ4v) is 1.49. The van der Waals surface area contributed by atoms with Crippen LogP contribution in [0.3, 0.4) is 0 Å². The van der Waals surface area contributed by atoms with Gasteiger partial charge in [0.1, 0.15) is 0 Å². The smallest absolute Gasteiger partial charge is 0.180 e. The Kier molecular flexibility index (Phi) is 7.36. The predicted molar refractivity (Wildman–Crippen MR) is 65.4 cm³/mol. The minimum absolute atomic E-state index is 0.0530. The van der Waals surface area contributed by atoms with Crippen LogP contribution < -0.4 is 0 Å². The first-order valence-electron chi connectivity index (χ1n) is 5.46. The quantitative estimate of drug-likeness (QED) is 0.437. The highest BCUT2D eigenvalue weighted by Crippen LogP contribution is 2.16. The van der Waals surface area contributed by atoms with E-state index in [4.69, 9.17) is 6.42 Å². The van der Waals surface area contributed by atoms with Crippen LogP contribution >= 0.6 is 0 Å². The maximum Gasteiger partial charge on any atom is 0.180 e. The molecule has 1 nitrogen and oxygen atoms in total. The highest BCUT2D eigenvalue weighted by atomic mass is 16.1. The van der Waals surface area contributed by atoms with Crippen LogP contribution in [0.2, 0.25) is 0 Å². The van der Waals surface area contributed by atoms with Gasteiger partial charge < -0.3 is 0 Å². The van der Waals surface area contributed by atoms with Gasteiger partial charge in [-0.15, -0.1) is 12.3 Å². The van der Waals surface area contributed by atoms with Gasteiger partial charge in [-0.3, -0.25) is 4.79 Å². The van der Waals surface area contributed by atoms with Crippen molar-refractivity contribution >= 4 is 5.78 Å². The summed E-state index contributed by atoms with van der Waals surface area (Å²) in [6.07, 6.45) is 11.5. The summed E-state index contributed by atoms with van der Waals surface area (Å²) in [5.74, 6) is 3.08. The highest BCUT2D eigenvalue weighted by molar-refractivity contribution is 6.02. The average molecular weight is 204 g/mol. The molecule has 0 aromatic rings. The standard InChI is InChI=1S/C14H20O/c1-5-9-13(6-2)11-8-10-12(4)14(15)7-3/h2,7,13H,3-5,8-11H2,1H3. The summed E-state index contributed by atoms with van der Waals surface area (Å²) in [5.41, 5.74) is 0.636. The van der Waals surface area contributed by atoms with Gasteiger partial charge in [0, 0.05) is 5.92 Å². The van der Waals surface area contributed by atoms with E-state index in [1.54, 1.807) is 0 Å². The van der Waals surface area contributed by atoms with Gasteiger partial charge in [-0.25, -0.2) is 0 Å². The Balaban J connectivity index is 3.78. The van der Waals surface area contributed by atoms with E-state index in [1.165, 1.54) is 6.08 Å². The molecule has 82 valence electrons. The second-order valence-electron chi connectivity index (χ2n) is 3.72. The molecule has 0 aliphatic heterocycles. The Morgan fingerprint density at radius 2 is 2.20 bits per heavy atom. The van der Waals surface area contributed by atoms with Crippen molar-refractivity contribution in [3.05, 3.63) is 24.8 Å². The van der Waals surface area contributed by atoms with Crippen molar-refractivity contribution in [1.82, 2.24) is 0 Å². The van der Waals surface area contributed by atoms with Crippen LogP contribution in [0.5, 0.6) is 0 Å². The first-order valence-corrected chi connectivity index (χ1v) is 5.46. The second-order valence-corrected chi connectivity index (χ2v) is 3.72. The lowest BCUT2D eigenvalue weighted by Crippen LogP contribution is -2.00. The first-order chi connectivity index (χ1) is 7.15. The molecule has 0 aromatic heterocycles. The maximum atomic E-state index is 11.1. The summed E-state index contributed by atoms with van der Waals surface area (Å²) in [7, 11) is 0. The fraction of sp³-hybridized carbons (Fsp3) is 0.500. The van der Waals surface area contributed by atoms with Crippen LogP contribution in [0.1, 0.15) is 39.0 Å². The Morgan fingerprint density at radius 3 is 2.67 bits per heavy atom. The van der Waals surface area contributed by atoms with E-state index in [0.29, 0.717) is 11.5 Å². The summed E-state index contributed by atoms with van der Waals surface area (Å²) in [4.78, 5) is 11.1. The molecule has 0 bridgehead atoms. The number of allylic oxidation sites excluding steroid dienone is 2. The third kappa shape index (κ3) is 5.91. The molecule has 1 atom stereocenters. The molecule has 1 unspecified atom stereocenters. The Morgan fingerprint density at radius 1 is 1.53 bits per heavy atom. The minimum atomic E-state index is -0.0530. The molecule has 0 rings (SSSR count). The molecule has 1 heteroatoms. The number of terminal acetylenes is 1. The summed E-state index contributed by atoms with van der Waals surface area (Å²) in [6, 6.07) is 0. The zero-order valence-corrected chi connectivity index (χ0v) is 9.59. The molecule has 0 aliphatic carbocycles. The first kappa shape index (κ1) is 13.7. The Hall–Kier alpha value is -1.29. The van der Waals surface area contributed by atoms with E-state index in [0.717, 1.165) is 32.1 Å². The molecule has 0 amide bonds. The number of carbonyl (C=O) groups excluding carboxylic acids is 1. The van der Waals surface area contributed by atoms with E-state index in [1.807, 2.05) is 0 Å². The minimum Gasteiger partial charge on any atom is -0.290 e. The van der Waals surface area contributed by atoms with E-state index in [-0.39, 0.29) is 5.78 Å². The van der Waals surface area contributed by atoms with Gasteiger partial charge in [0.25, 0.3) is 0 Å². The van der Waals surface area contributed by atoms with E-state index in [2.05, 4.69) is 26.0 Å². The van der Waals surface area contributed by atoms with Crippen molar-refractivity contribution in [2.24, 2.45) is 5.92 Å².